The molecule has 3 aromatic rings. The van der Waals surface area contributed by atoms with E-state index < -0.39 is 5.91 Å². The maximum Gasteiger partial charge on any atom is 0.302 e. The summed E-state index contributed by atoms with van der Waals surface area (Å²) in [6.07, 6.45) is 0. The zero-order valence-electron chi connectivity index (χ0n) is 13.7. The number of hydrogen-bond acceptors (Lipinski definition) is 4. The number of halogens is 1. The highest BCUT2D eigenvalue weighted by atomic mass is 79.9. The van der Waals surface area contributed by atoms with E-state index in [2.05, 4.69) is 31.1 Å². The Morgan fingerprint density at radius 3 is 2.72 bits per heavy atom. The third-order valence-electron chi connectivity index (χ3n) is 3.76. The molecule has 0 spiro atoms. The largest absolute Gasteiger partial charge is 0.493 e. The Morgan fingerprint density at radius 2 is 1.96 bits per heavy atom. The molecule has 0 radical (unpaired) electrons. The lowest BCUT2D eigenvalue weighted by Gasteiger charge is -2.05. The fourth-order valence-electron chi connectivity index (χ4n) is 2.41. The van der Waals surface area contributed by atoms with E-state index >= 15 is 0 Å². The topological polar surface area (TPSA) is 87.0 Å². The van der Waals surface area contributed by atoms with Crippen molar-refractivity contribution in [3.63, 3.8) is 0 Å². The Balaban J connectivity index is 1.79. The van der Waals surface area contributed by atoms with Crippen molar-refractivity contribution in [3.8, 4) is 11.6 Å². The highest BCUT2D eigenvalue weighted by Gasteiger charge is 2.15. The van der Waals surface area contributed by atoms with Crippen LogP contribution in [0.3, 0.4) is 0 Å². The van der Waals surface area contributed by atoms with Crippen molar-refractivity contribution >= 4 is 38.4 Å². The average molecular weight is 402 g/mol. The molecule has 6 nitrogen and oxygen atoms in total. The highest BCUT2D eigenvalue weighted by molar-refractivity contribution is 9.10. The molecule has 0 unspecified atom stereocenters. The van der Waals surface area contributed by atoms with Gasteiger partial charge in [-0.05, 0) is 53.0 Å². The number of aromatic hydroxyl groups is 1. The van der Waals surface area contributed by atoms with E-state index in [9.17, 15) is 9.90 Å². The van der Waals surface area contributed by atoms with Gasteiger partial charge in [0.15, 0.2) is 12.3 Å². The van der Waals surface area contributed by atoms with E-state index in [1.165, 1.54) is 0 Å². The van der Waals surface area contributed by atoms with E-state index in [0.29, 0.717) is 16.7 Å². The van der Waals surface area contributed by atoms with Crippen molar-refractivity contribution in [3.05, 3.63) is 52.0 Å². The van der Waals surface area contributed by atoms with Crippen LogP contribution in [0.15, 0.2) is 51.1 Å². The highest BCUT2D eigenvalue weighted by Crippen LogP contribution is 2.41. The van der Waals surface area contributed by atoms with Crippen LogP contribution in [-0.4, -0.2) is 22.6 Å². The fourth-order valence-corrected chi connectivity index (χ4v) is 2.94. The van der Waals surface area contributed by atoms with Crippen LogP contribution in [-0.2, 0) is 4.79 Å². The van der Waals surface area contributed by atoms with Gasteiger partial charge >= 0.3 is 5.91 Å². The molecule has 25 heavy (non-hydrogen) atoms. The van der Waals surface area contributed by atoms with E-state index in [1.807, 2.05) is 44.2 Å². The van der Waals surface area contributed by atoms with Gasteiger partial charge in [-0.25, -0.2) is 0 Å². The van der Waals surface area contributed by atoms with E-state index in [1.54, 1.807) is 6.07 Å². The molecule has 7 heteroatoms. The standard InChI is InChI=1S/C18H16BrN3O3/c1-10-5-3-4-6-13(10)25-9-14(23)21-22-17-15-12(20-18(17)24)8-7-11(2)16(15)19/h3-8,20,24H,9H2,1-2H3. The first-order valence-electron chi connectivity index (χ1n) is 7.60. The number of rotatable bonds is 4. The second kappa shape index (κ2) is 7.06. The summed E-state index contributed by atoms with van der Waals surface area (Å²) in [7, 11) is 0. The summed E-state index contributed by atoms with van der Waals surface area (Å²) in [5, 5.41) is 18.3. The molecule has 3 rings (SSSR count). The molecule has 0 aliphatic heterocycles. The van der Waals surface area contributed by atoms with Gasteiger partial charge in [-0.15, -0.1) is 10.2 Å². The predicted octanol–water partition coefficient (Wildman–Crippen LogP) is 4.94. The Bertz CT molecular complexity index is 979. The van der Waals surface area contributed by atoms with Gasteiger partial charge < -0.3 is 14.8 Å². The van der Waals surface area contributed by atoms with Crippen LogP contribution in [0.4, 0.5) is 5.69 Å². The number of amides is 1. The van der Waals surface area contributed by atoms with Crippen LogP contribution in [0, 0.1) is 13.8 Å². The molecule has 0 bridgehead atoms. The lowest BCUT2D eigenvalue weighted by molar-refractivity contribution is -0.120. The molecule has 1 aromatic heterocycles. The number of nitrogens with one attached hydrogen (secondary N) is 1. The molecular weight excluding hydrogens is 386 g/mol. The van der Waals surface area contributed by atoms with Crippen LogP contribution in [0.2, 0.25) is 0 Å². The molecule has 1 amide bonds. The number of fused-ring (bicyclic) bond motifs is 1. The van der Waals surface area contributed by atoms with Gasteiger partial charge in [0.1, 0.15) is 5.75 Å². The van der Waals surface area contributed by atoms with Crippen molar-refractivity contribution in [2.45, 2.75) is 13.8 Å². The first-order chi connectivity index (χ1) is 12.0. The molecular formula is C18H16BrN3O3. The molecule has 0 atom stereocenters. The minimum atomic E-state index is -0.541. The van der Waals surface area contributed by atoms with Crippen LogP contribution < -0.4 is 4.74 Å². The first-order valence-corrected chi connectivity index (χ1v) is 8.39. The number of para-hydroxylation sites is 1. The van der Waals surface area contributed by atoms with Crippen molar-refractivity contribution in [2.75, 3.05) is 6.61 Å². The molecule has 0 aliphatic carbocycles. The Hall–Kier alpha value is -2.67. The molecule has 0 saturated carbocycles. The van der Waals surface area contributed by atoms with E-state index in [-0.39, 0.29) is 18.2 Å². The molecule has 2 N–H and O–H groups in total. The second-order valence-corrected chi connectivity index (χ2v) is 6.38. The normalized spacial score (nSPS) is 11.3. The summed E-state index contributed by atoms with van der Waals surface area (Å²) < 4.78 is 6.24. The van der Waals surface area contributed by atoms with Crippen LogP contribution in [0.5, 0.6) is 11.6 Å². The van der Waals surface area contributed by atoms with E-state index in [4.69, 9.17) is 4.74 Å². The van der Waals surface area contributed by atoms with Gasteiger partial charge in [0.05, 0.1) is 5.52 Å². The quantitative estimate of drug-likeness (QED) is 0.606. The lowest BCUT2D eigenvalue weighted by Crippen LogP contribution is -2.08. The summed E-state index contributed by atoms with van der Waals surface area (Å²) in [5.74, 6) is -0.0576. The van der Waals surface area contributed by atoms with Gasteiger partial charge in [-0.1, -0.05) is 24.3 Å². The number of ether oxygens (including phenoxy) is 1. The van der Waals surface area contributed by atoms with Crippen LogP contribution >= 0.6 is 15.9 Å². The Kier molecular flexibility index (Phi) is 4.85. The van der Waals surface area contributed by atoms with E-state index in [0.717, 1.165) is 15.6 Å². The number of carbonyl (C=O) groups is 1. The van der Waals surface area contributed by atoms with Crippen molar-refractivity contribution in [1.82, 2.24) is 4.98 Å². The zero-order chi connectivity index (χ0) is 18.0. The van der Waals surface area contributed by atoms with Crippen molar-refractivity contribution in [2.24, 2.45) is 10.2 Å². The smallest absolute Gasteiger partial charge is 0.302 e. The third kappa shape index (κ3) is 3.56. The Labute approximate surface area is 152 Å². The van der Waals surface area contributed by atoms with Crippen molar-refractivity contribution in [1.29, 1.82) is 0 Å². The number of azo groups is 1. The number of aromatic nitrogens is 1. The summed E-state index contributed by atoms with van der Waals surface area (Å²) in [6, 6.07) is 11.1. The Morgan fingerprint density at radius 1 is 1.20 bits per heavy atom. The third-order valence-corrected chi connectivity index (χ3v) is 4.78. The molecule has 2 aromatic carbocycles. The van der Waals surface area contributed by atoms with Gasteiger partial charge in [-0.3, -0.25) is 4.79 Å². The van der Waals surface area contributed by atoms with Crippen LogP contribution in [0.1, 0.15) is 11.1 Å². The summed E-state index contributed by atoms with van der Waals surface area (Å²) in [5.41, 5.74) is 2.83. The monoisotopic (exact) mass is 401 g/mol. The zero-order valence-corrected chi connectivity index (χ0v) is 15.3. The lowest BCUT2D eigenvalue weighted by atomic mass is 10.1. The summed E-state index contributed by atoms with van der Waals surface area (Å²) >= 11 is 3.48. The SMILES string of the molecule is Cc1ccccc1OCC(=O)N=Nc1c(O)[nH]c2ccc(C)c(Br)c12. The number of benzene rings is 2. The number of hydrogen-bond donors (Lipinski definition) is 2. The molecule has 0 aliphatic rings. The first kappa shape index (κ1) is 17.2. The molecule has 1 heterocycles. The fraction of sp³-hybridized carbons (Fsp3) is 0.167. The summed E-state index contributed by atoms with van der Waals surface area (Å²) in [6.45, 7) is 3.60. The van der Waals surface area contributed by atoms with Crippen molar-refractivity contribution < 1.29 is 14.6 Å². The minimum absolute atomic E-state index is 0.141. The number of aryl methyl sites for hydroxylation is 2. The molecule has 0 fully saturated rings. The maximum atomic E-state index is 11.9. The van der Waals surface area contributed by atoms with Crippen LogP contribution in [0.25, 0.3) is 10.9 Å². The number of H-pyrrole nitrogens is 1. The van der Waals surface area contributed by atoms with Gasteiger partial charge in [0.2, 0.25) is 5.88 Å². The second-order valence-electron chi connectivity index (χ2n) is 5.59. The molecule has 128 valence electrons. The maximum absolute atomic E-state index is 11.9. The van der Waals surface area contributed by atoms with Gasteiger partial charge in [0, 0.05) is 9.86 Å². The molecule has 0 saturated heterocycles. The number of carbonyl (C=O) groups excluding carboxylic acids is 1. The number of nitrogens with zero attached hydrogens (tertiary/aromatic N) is 2. The predicted molar refractivity (Wildman–Crippen MR) is 98.6 cm³/mol. The van der Waals surface area contributed by atoms with Gasteiger partial charge in [-0.2, -0.15) is 0 Å². The summed E-state index contributed by atoms with van der Waals surface area (Å²) in [4.78, 5) is 14.7. The van der Waals surface area contributed by atoms with Gasteiger partial charge in [0.25, 0.3) is 0 Å². The average Bonchev–Trinajstić information content (AvgIpc) is 2.92. The number of aromatic amines is 1. The minimum Gasteiger partial charge on any atom is -0.493 e.